The standard InChI is InChI=1S/C20H29BrN4O/c1-4-7-18(24-11-6-10-22-14(3)13-24)19-23-17-9-8-15(21)12-16(17)20(26)25(19)5-2/h8-9,12,14,18,22H,4-7,10-11,13H2,1-3H3/t14?,18-/m0/s1. The molecule has 0 radical (unpaired) electrons. The summed E-state index contributed by atoms with van der Waals surface area (Å²) in [6.07, 6.45) is 3.21. The fourth-order valence-electron chi connectivity index (χ4n) is 3.94. The Morgan fingerprint density at radius 2 is 2.19 bits per heavy atom. The smallest absolute Gasteiger partial charge is 0.261 e. The van der Waals surface area contributed by atoms with Crippen molar-refractivity contribution < 1.29 is 0 Å². The molecule has 0 spiro atoms. The van der Waals surface area contributed by atoms with Gasteiger partial charge in [0.15, 0.2) is 0 Å². The molecule has 2 aromatic rings. The Morgan fingerprint density at radius 3 is 2.92 bits per heavy atom. The lowest BCUT2D eigenvalue weighted by atomic mass is 10.1. The van der Waals surface area contributed by atoms with Crippen LogP contribution < -0.4 is 10.9 Å². The van der Waals surface area contributed by atoms with Crippen LogP contribution in [0, 0.1) is 0 Å². The normalized spacial score (nSPS) is 20.2. The van der Waals surface area contributed by atoms with Gasteiger partial charge < -0.3 is 5.32 Å². The summed E-state index contributed by atoms with van der Waals surface area (Å²) in [6.45, 7) is 10.2. The van der Waals surface area contributed by atoms with Gasteiger partial charge in [0.05, 0.1) is 16.9 Å². The lowest BCUT2D eigenvalue weighted by molar-refractivity contribution is 0.174. The first kappa shape index (κ1) is 19.5. The number of aromatic nitrogens is 2. The molecule has 1 aliphatic heterocycles. The van der Waals surface area contributed by atoms with Crippen LogP contribution in [0.25, 0.3) is 10.9 Å². The molecule has 6 heteroatoms. The lowest BCUT2D eigenvalue weighted by Gasteiger charge is -2.32. The number of fused-ring (bicyclic) bond motifs is 1. The third kappa shape index (κ3) is 4.02. The van der Waals surface area contributed by atoms with Crippen LogP contribution in [-0.2, 0) is 6.54 Å². The molecule has 1 N–H and O–H groups in total. The van der Waals surface area contributed by atoms with E-state index in [0.717, 1.165) is 54.7 Å². The van der Waals surface area contributed by atoms with Crippen LogP contribution >= 0.6 is 15.9 Å². The predicted molar refractivity (Wildman–Crippen MR) is 111 cm³/mol. The van der Waals surface area contributed by atoms with E-state index < -0.39 is 0 Å². The van der Waals surface area contributed by atoms with Crippen molar-refractivity contribution in [2.75, 3.05) is 19.6 Å². The minimum absolute atomic E-state index is 0.0656. The average molecular weight is 421 g/mol. The van der Waals surface area contributed by atoms with Gasteiger partial charge in [0.25, 0.3) is 5.56 Å². The van der Waals surface area contributed by atoms with Crippen molar-refractivity contribution >= 4 is 26.8 Å². The van der Waals surface area contributed by atoms with E-state index in [1.54, 1.807) is 0 Å². The van der Waals surface area contributed by atoms with Gasteiger partial charge >= 0.3 is 0 Å². The highest BCUT2D eigenvalue weighted by molar-refractivity contribution is 9.10. The van der Waals surface area contributed by atoms with Gasteiger partial charge in [0.1, 0.15) is 5.82 Å². The molecule has 1 unspecified atom stereocenters. The van der Waals surface area contributed by atoms with Gasteiger partial charge in [-0.1, -0.05) is 29.3 Å². The maximum Gasteiger partial charge on any atom is 0.261 e. The molecule has 1 aliphatic rings. The van der Waals surface area contributed by atoms with Crippen LogP contribution in [0.15, 0.2) is 27.5 Å². The molecule has 0 saturated carbocycles. The van der Waals surface area contributed by atoms with Gasteiger partial charge in [0.2, 0.25) is 0 Å². The first-order valence-electron chi connectivity index (χ1n) is 9.72. The summed E-state index contributed by atoms with van der Waals surface area (Å²) in [7, 11) is 0. The number of halogens is 1. The zero-order chi connectivity index (χ0) is 18.7. The van der Waals surface area contributed by atoms with Crippen molar-refractivity contribution in [1.82, 2.24) is 19.8 Å². The van der Waals surface area contributed by atoms with Crippen molar-refractivity contribution in [3.63, 3.8) is 0 Å². The van der Waals surface area contributed by atoms with E-state index in [2.05, 4.69) is 40.0 Å². The third-order valence-corrected chi connectivity index (χ3v) is 5.68. The quantitative estimate of drug-likeness (QED) is 0.800. The minimum atomic E-state index is 0.0656. The monoisotopic (exact) mass is 420 g/mol. The summed E-state index contributed by atoms with van der Waals surface area (Å²) in [5, 5.41) is 4.25. The molecule has 26 heavy (non-hydrogen) atoms. The van der Waals surface area contributed by atoms with Crippen molar-refractivity contribution in [3.8, 4) is 0 Å². The summed E-state index contributed by atoms with van der Waals surface area (Å²) in [5.74, 6) is 0.920. The first-order valence-corrected chi connectivity index (χ1v) is 10.5. The Hall–Kier alpha value is -1.24. The van der Waals surface area contributed by atoms with E-state index in [-0.39, 0.29) is 11.6 Å². The molecule has 3 rings (SSSR count). The third-order valence-electron chi connectivity index (χ3n) is 5.19. The average Bonchev–Trinajstić information content (AvgIpc) is 2.84. The summed E-state index contributed by atoms with van der Waals surface area (Å²) in [5.41, 5.74) is 0.857. The molecule has 2 atom stereocenters. The molecule has 1 aromatic carbocycles. The second-order valence-corrected chi connectivity index (χ2v) is 8.10. The summed E-state index contributed by atoms with van der Waals surface area (Å²) >= 11 is 3.47. The van der Waals surface area contributed by atoms with Crippen LogP contribution in [0.4, 0.5) is 0 Å². The Kier molecular flexibility index (Phi) is 6.48. The van der Waals surface area contributed by atoms with Crippen LogP contribution in [-0.4, -0.2) is 40.1 Å². The topological polar surface area (TPSA) is 50.2 Å². The van der Waals surface area contributed by atoms with Gasteiger partial charge in [-0.05, 0) is 51.4 Å². The molecule has 142 valence electrons. The number of rotatable bonds is 5. The van der Waals surface area contributed by atoms with Crippen LogP contribution in [0.3, 0.4) is 0 Å². The fraction of sp³-hybridized carbons (Fsp3) is 0.600. The highest BCUT2D eigenvalue weighted by Gasteiger charge is 2.27. The van der Waals surface area contributed by atoms with E-state index in [4.69, 9.17) is 4.98 Å². The van der Waals surface area contributed by atoms with Gasteiger partial charge in [-0.2, -0.15) is 0 Å². The molecule has 0 aliphatic carbocycles. The maximum absolute atomic E-state index is 13.1. The summed E-state index contributed by atoms with van der Waals surface area (Å²) in [6, 6.07) is 6.42. The number of hydrogen-bond donors (Lipinski definition) is 1. The highest BCUT2D eigenvalue weighted by Crippen LogP contribution is 2.27. The Morgan fingerprint density at radius 1 is 1.38 bits per heavy atom. The van der Waals surface area contributed by atoms with E-state index >= 15 is 0 Å². The first-order chi connectivity index (χ1) is 12.5. The van der Waals surface area contributed by atoms with Crippen LogP contribution in [0.2, 0.25) is 0 Å². The molecular formula is C20H29BrN4O. The molecule has 0 bridgehead atoms. The van der Waals surface area contributed by atoms with Gasteiger partial charge in [-0.25, -0.2) is 4.98 Å². The number of nitrogens with zero attached hydrogens (tertiary/aromatic N) is 3. The predicted octanol–water partition coefficient (Wildman–Crippen LogP) is 3.70. The van der Waals surface area contributed by atoms with Gasteiger partial charge in [0, 0.05) is 30.1 Å². The van der Waals surface area contributed by atoms with E-state index in [0.29, 0.717) is 18.0 Å². The van der Waals surface area contributed by atoms with Crippen molar-refractivity contribution in [3.05, 3.63) is 38.9 Å². The van der Waals surface area contributed by atoms with E-state index in [1.807, 2.05) is 29.7 Å². The van der Waals surface area contributed by atoms with E-state index in [1.165, 1.54) is 0 Å². The SMILES string of the molecule is CCC[C@@H](c1nc2ccc(Br)cc2c(=O)n1CC)N1CCCNC(C)C1. The Balaban J connectivity index is 2.12. The molecule has 0 amide bonds. The number of nitrogens with one attached hydrogen (secondary N) is 1. The van der Waals surface area contributed by atoms with Gasteiger partial charge in [-0.15, -0.1) is 0 Å². The van der Waals surface area contributed by atoms with Crippen LogP contribution in [0.5, 0.6) is 0 Å². The summed E-state index contributed by atoms with van der Waals surface area (Å²) < 4.78 is 2.79. The van der Waals surface area contributed by atoms with Gasteiger partial charge in [-0.3, -0.25) is 14.3 Å². The van der Waals surface area contributed by atoms with E-state index in [9.17, 15) is 4.79 Å². The molecule has 2 heterocycles. The zero-order valence-corrected chi connectivity index (χ0v) is 17.6. The van der Waals surface area contributed by atoms with Crippen molar-refractivity contribution in [1.29, 1.82) is 0 Å². The van der Waals surface area contributed by atoms with Crippen molar-refractivity contribution in [2.24, 2.45) is 0 Å². The largest absolute Gasteiger partial charge is 0.313 e. The van der Waals surface area contributed by atoms with Crippen molar-refractivity contribution in [2.45, 2.75) is 58.7 Å². The summed E-state index contributed by atoms with van der Waals surface area (Å²) in [4.78, 5) is 20.6. The minimum Gasteiger partial charge on any atom is -0.313 e. The molecule has 5 nitrogen and oxygen atoms in total. The second kappa shape index (κ2) is 8.63. The molecular weight excluding hydrogens is 392 g/mol. The molecule has 1 fully saturated rings. The molecule has 1 saturated heterocycles. The Labute approximate surface area is 163 Å². The lowest BCUT2D eigenvalue weighted by Crippen LogP contribution is -2.40. The maximum atomic E-state index is 13.1. The molecule has 1 aromatic heterocycles. The number of hydrogen-bond acceptors (Lipinski definition) is 4. The number of benzene rings is 1. The Bertz CT molecular complexity index is 819. The van der Waals surface area contributed by atoms with Crippen LogP contribution in [0.1, 0.15) is 51.9 Å². The fourth-order valence-corrected chi connectivity index (χ4v) is 4.30. The second-order valence-electron chi connectivity index (χ2n) is 7.19. The highest BCUT2D eigenvalue weighted by atomic mass is 79.9. The zero-order valence-electron chi connectivity index (χ0n) is 16.0.